The molecule has 4 rings (SSSR count). The van der Waals surface area contributed by atoms with Crippen LogP contribution in [-0.2, 0) is 16.8 Å². The summed E-state index contributed by atoms with van der Waals surface area (Å²) in [6, 6.07) is 15.7. The number of hydrogen-bond donors (Lipinski definition) is 1. The number of fused-ring (bicyclic) bond motifs is 2. The first-order valence-corrected chi connectivity index (χ1v) is 11.0. The van der Waals surface area contributed by atoms with Crippen LogP contribution in [0.2, 0.25) is 0 Å². The Balaban J connectivity index is 1.57. The second-order valence-corrected chi connectivity index (χ2v) is 9.23. The van der Waals surface area contributed by atoms with Gasteiger partial charge in [-0.05, 0) is 37.6 Å². The van der Waals surface area contributed by atoms with E-state index in [2.05, 4.69) is 40.8 Å². The van der Waals surface area contributed by atoms with E-state index in [4.69, 9.17) is 0 Å². The second-order valence-electron chi connectivity index (χ2n) is 9.23. The monoisotopic (exact) mass is 430 g/mol. The fourth-order valence-electron chi connectivity index (χ4n) is 4.48. The topological polar surface area (TPSA) is 69.3 Å². The van der Waals surface area contributed by atoms with Crippen molar-refractivity contribution in [1.82, 2.24) is 14.9 Å². The minimum absolute atomic E-state index is 0.0320. The lowest BCUT2D eigenvalue weighted by molar-refractivity contribution is -0.116. The molecule has 6 nitrogen and oxygen atoms in total. The van der Waals surface area contributed by atoms with Crippen LogP contribution in [-0.4, -0.2) is 40.3 Å². The lowest BCUT2D eigenvalue weighted by Crippen LogP contribution is -2.36. The van der Waals surface area contributed by atoms with E-state index >= 15 is 0 Å². The lowest BCUT2D eigenvalue weighted by atomic mass is 9.83. The van der Waals surface area contributed by atoms with Crippen molar-refractivity contribution < 1.29 is 4.79 Å². The molecule has 1 aliphatic heterocycles. The summed E-state index contributed by atoms with van der Waals surface area (Å²) < 4.78 is 0. The number of carbonyl (C=O) groups is 1. The molecule has 0 aliphatic carbocycles. The Morgan fingerprint density at radius 2 is 1.84 bits per heavy atom. The smallest absolute Gasteiger partial charge is 0.258 e. The standard InChI is InChI=1S/C26H30N4O2/c1-17(2)30(16-24-27-21-12-8-6-10-19(21)25(32)28-24)15-18(31)14-23-26(3,4)20-11-7-9-13-22(20)29(23)5/h6-14,17H,15-16H2,1-5H3,(H,27,28,32)/b23-14-. The number of nitrogens with zero attached hydrogens (tertiary/aromatic N) is 3. The van der Waals surface area contributed by atoms with Crippen LogP contribution in [0.25, 0.3) is 10.9 Å². The highest BCUT2D eigenvalue weighted by molar-refractivity contribution is 5.94. The number of carbonyl (C=O) groups excluding carboxylic acids is 1. The van der Waals surface area contributed by atoms with E-state index in [1.807, 2.05) is 56.1 Å². The van der Waals surface area contributed by atoms with Crippen LogP contribution in [0.15, 0.2) is 65.1 Å². The summed E-state index contributed by atoms with van der Waals surface area (Å²) in [4.78, 5) is 37.2. The van der Waals surface area contributed by atoms with Gasteiger partial charge in [0.2, 0.25) is 0 Å². The number of hydrogen-bond acceptors (Lipinski definition) is 5. The molecular weight excluding hydrogens is 400 g/mol. The predicted octanol–water partition coefficient (Wildman–Crippen LogP) is 4.01. The number of para-hydroxylation sites is 2. The molecule has 1 N–H and O–H groups in total. The van der Waals surface area contributed by atoms with Crippen LogP contribution < -0.4 is 10.5 Å². The fraction of sp³-hybridized carbons (Fsp3) is 0.346. The number of aromatic nitrogens is 2. The maximum Gasteiger partial charge on any atom is 0.258 e. The second kappa shape index (κ2) is 8.36. The van der Waals surface area contributed by atoms with Gasteiger partial charge in [-0.2, -0.15) is 0 Å². The Labute approximate surface area is 188 Å². The maximum absolute atomic E-state index is 13.1. The van der Waals surface area contributed by atoms with Crippen LogP contribution in [0.4, 0.5) is 5.69 Å². The van der Waals surface area contributed by atoms with Gasteiger partial charge >= 0.3 is 0 Å². The van der Waals surface area contributed by atoms with Crippen LogP contribution in [0.5, 0.6) is 0 Å². The minimum atomic E-state index is -0.241. The highest BCUT2D eigenvalue weighted by atomic mass is 16.1. The SMILES string of the molecule is CC(C)N(CC(=O)/C=C1\N(C)c2ccccc2C1(C)C)Cc1nc2ccccc2c(=O)[nH]1. The molecule has 166 valence electrons. The molecule has 3 aromatic rings. The number of allylic oxidation sites excluding steroid dienone is 1. The number of aromatic amines is 1. The summed E-state index contributed by atoms with van der Waals surface area (Å²) in [6.45, 7) is 9.03. The van der Waals surface area contributed by atoms with Crippen molar-refractivity contribution in [1.29, 1.82) is 0 Å². The maximum atomic E-state index is 13.1. The van der Waals surface area contributed by atoms with Gasteiger partial charge < -0.3 is 9.88 Å². The zero-order chi connectivity index (χ0) is 23.0. The molecule has 1 aliphatic rings. The summed E-state index contributed by atoms with van der Waals surface area (Å²) in [6.07, 6.45) is 1.77. The highest BCUT2D eigenvalue weighted by Crippen LogP contribution is 2.46. The van der Waals surface area contributed by atoms with Gasteiger partial charge in [0.05, 0.1) is 24.0 Å². The van der Waals surface area contributed by atoms with Gasteiger partial charge in [-0.15, -0.1) is 0 Å². The summed E-state index contributed by atoms with van der Waals surface area (Å²) in [5.41, 5.74) is 3.61. The van der Waals surface area contributed by atoms with Gasteiger partial charge in [-0.25, -0.2) is 4.98 Å². The summed E-state index contributed by atoms with van der Waals surface area (Å²) in [5, 5.41) is 0.569. The molecule has 0 atom stereocenters. The average Bonchev–Trinajstić information content (AvgIpc) is 2.94. The van der Waals surface area contributed by atoms with Crippen molar-refractivity contribution in [2.45, 2.75) is 45.7 Å². The quantitative estimate of drug-likeness (QED) is 0.599. The molecule has 2 heterocycles. The normalized spacial score (nSPS) is 16.3. The van der Waals surface area contributed by atoms with Gasteiger partial charge in [0.1, 0.15) is 5.82 Å². The molecule has 0 saturated carbocycles. The number of anilines is 1. The van der Waals surface area contributed by atoms with Gasteiger partial charge in [0.25, 0.3) is 5.56 Å². The largest absolute Gasteiger partial charge is 0.347 e. The molecule has 32 heavy (non-hydrogen) atoms. The molecular formula is C26H30N4O2. The molecule has 1 aromatic heterocycles. The van der Waals surface area contributed by atoms with Crippen LogP contribution in [0.1, 0.15) is 39.1 Å². The molecule has 2 aromatic carbocycles. The van der Waals surface area contributed by atoms with E-state index < -0.39 is 0 Å². The third-order valence-electron chi connectivity index (χ3n) is 6.34. The highest BCUT2D eigenvalue weighted by Gasteiger charge is 2.38. The van der Waals surface area contributed by atoms with E-state index in [9.17, 15) is 9.59 Å². The lowest BCUT2D eigenvalue weighted by Gasteiger charge is -2.26. The molecule has 0 radical (unpaired) electrons. The summed E-state index contributed by atoms with van der Waals surface area (Å²) in [7, 11) is 2.01. The van der Waals surface area contributed by atoms with E-state index in [0.717, 1.165) is 11.4 Å². The zero-order valence-corrected chi connectivity index (χ0v) is 19.3. The van der Waals surface area contributed by atoms with E-state index in [1.54, 1.807) is 12.1 Å². The first-order chi connectivity index (χ1) is 15.2. The zero-order valence-electron chi connectivity index (χ0n) is 19.3. The van der Waals surface area contributed by atoms with Crippen LogP contribution in [0, 0.1) is 0 Å². The third-order valence-corrected chi connectivity index (χ3v) is 6.34. The summed E-state index contributed by atoms with van der Waals surface area (Å²) in [5.74, 6) is 0.595. The van der Waals surface area contributed by atoms with Crippen LogP contribution in [0.3, 0.4) is 0 Å². The van der Waals surface area contributed by atoms with Crippen molar-refractivity contribution in [2.75, 3.05) is 18.5 Å². The average molecular weight is 431 g/mol. The number of benzene rings is 2. The molecule has 6 heteroatoms. The van der Waals surface area contributed by atoms with Crippen molar-refractivity contribution in [2.24, 2.45) is 0 Å². The number of likely N-dealkylation sites (N-methyl/N-ethyl adjacent to an activating group) is 1. The third kappa shape index (κ3) is 3.98. The Kier molecular flexibility index (Phi) is 5.73. The van der Waals surface area contributed by atoms with Crippen molar-refractivity contribution >= 4 is 22.4 Å². The minimum Gasteiger partial charge on any atom is -0.347 e. The van der Waals surface area contributed by atoms with E-state index in [1.165, 1.54) is 5.56 Å². The fourth-order valence-corrected chi connectivity index (χ4v) is 4.48. The predicted molar refractivity (Wildman–Crippen MR) is 129 cm³/mol. The van der Waals surface area contributed by atoms with Gasteiger partial charge in [0, 0.05) is 36.0 Å². The van der Waals surface area contributed by atoms with Gasteiger partial charge in [-0.3, -0.25) is 14.5 Å². The van der Waals surface area contributed by atoms with Crippen molar-refractivity contribution in [3.05, 3.63) is 82.0 Å². The molecule has 0 amide bonds. The van der Waals surface area contributed by atoms with Crippen molar-refractivity contribution in [3.63, 3.8) is 0 Å². The molecule has 0 unspecified atom stereocenters. The number of ketones is 1. The van der Waals surface area contributed by atoms with E-state index in [-0.39, 0.29) is 29.3 Å². The number of rotatable bonds is 6. The Hall–Kier alpha value is -3.25. The number of H-pyrrole nitrogens is 1. The summed E-state index contributed by atoms with van der Waals surface area (Å²) >= 11 is 0. The first-order valence-electron chi connectivity index (χ1n) is 11.0. The Morgan fingerprint density at radius 1 is 1.16 bits per heavy atom. The van der Waals surface area contributed by atoms with Crippen LogP contribution >= 0.6 is 0 Å². The van der Waals surface area contributed by atoms with Crippen molar-refractivity contribution in [3.8, 4) is 0 Å². The molecule has 0 bridgehead atoms. The first kappa shape index (κ1) is 22.0. The Morgan fingerprint density at radius 3 is 2.56 bits per heavy atom. The molecule has 0 saturated heterocycles. The van der Waals surface area contributed by atoms with Gasteiger partial charge in [0.15, 0.2) is 5.78 Å². The molecule has 0 fully saturated rings. The Bertz CT molecular complexity index is 1260. The molecule has 0 spiro atoms. The van der Waals surface area contributed by atoms with E-state index in [0.29, 0.717) is 23.3 Å². The number of nitrogens with one attached hydrogen (secondary N) is 1. The van der Waals surface area contributed by atoms with Gasteiger partial charge in [-0.1, -0.05) is 44.2 Å².